The minimum absolute atomic E-state index is 0.0392. The van der Waals surface area contributed by atoms with Gasteiger partial charge < -0.3 is 5.11 Å². The van der Waals surface area contributed by atoms with Crippen molar-refractivity contribution in [3.8, 4) is 6.07 Å². The van der Waals surface area contributed by atoms with E-state index >= 15 is 0 Å². The van der Waals surface area contributed by atoms with Gasteiger partial charge in [0, 0.05) is 6.54 Å². The SMILES string of the molecule is CC(CCNS(=O)(=O)CC#N)C(=O)O. The van der Waals surface area contributed by atoms with Crippen molar-refractivity contribution in [2.45, 2.75) is 13.3 Å². The van der Waals surface area contributed by atoms with Gasteiger partial charge >= 0.3 is 5.97 Å². The van der Waals surface area contributed by atoms with Gasteiger partial charge in [0.15, 0.2) is 5.75 Å². The van der Waals surface area contributed by atoms with Crippen LogP contribution in [0.25, 0.3) is 0 Å². The van der Waals surface area contributed by atoms with Gasteiger partial charge in [-0.05, 0) is 6.42 Å². The van der Waals surface area contributed by atoms with Crippen molar-refractivity contribution in [1.29, 1.82) is 5.26 Å². The summed E-state index contributed by atoms with van der Waals surface area (Å²) in [7, 11) is -3.56. The van der Waals surface area contributed by atoms with Gasteiger partial charge in [-0.25, -0.2) is 13.1 Å². The fourth-order valence-corrected chi connectivity index (χ4v) is 1.39. The zero-order valence-corrected chi connectivity index (χ0v) is 8.54. The molecular weight excluding hydrogens is 208 g/mol. The van der Waals surface area contributed by atoms with E-state index in [1.807, 2.05) is 0 Å². The molecule has 0 spiro atoms. The third kappa shape index (κ3) is 5.50. The lowest BCUT2D eigenvalue weighted by molar-refractivity contribution is -0.141. The Morgan fingerprint density at radius 2 is 2.21 bits per heavy atom. The Morgan fingerprint density at radius 3 is 2.64 bits per heavy atom. The molecule has 0 aliphatic heterocycles. The topological polar surface area (TPSA) is 107 Å². The molecular formula is C7H12N2O4S. The first-order valence-corrected chi connectivity index (χ1v) is 5.61. The number of rotatable bonds is 6. The number of hydrogen-bond donors (Lipinski definition) is 2. The fraction of sp³-hybridized carbons (Fsp3) is 0.714. The Hall–Kier alpha value is -1.13. The van der Waals surface area contributed by atoms with Crippen LogP contribution < -0.4 is 4.72 Å². The minimum Gasteiger partial charge on any atom is -0.481 e. The Labute approximate surface area is 82.6 Å². The van der Waals surface area contributed by atoms with Crippen molar-refractivity contribution in [2.24, 2.45) is 5.92 Å². The quantitative estimate of drug-likeness (QED) is 0.629. The van der Waals surface area contributed by atoms with Crippen molar-refractivity contribution < 1.29 is 18.3 Å². The monoisotopic (exact) mass is 220 g/mol. The number of nitrogens with one attached hydrogen (secondary N) is 1. The van der Waals surface area contributed by atoms with Crippen LogP contribution in [0.2, 0.25) is 0 Å². The molecule has 0 amide bonds. The highest BCUT2D eigenvalue weighted by molar-refractivity contribution is 7.89. The number of nitriles is 1. The summed E-state index contributed by atoms with van der Waals surface area (Å²) in [4.78, 5) is 10.4. The maximum atomic E-state index is 10.9. The molecule has 0 aromatic rings. The summed E-state index contributed by atoms with van der Waals surface area (Å²) in [6, 6.07) is 1.50. The molecule has 1 atom stereocenters. The van der Waals surface area contributed by atoms with Crippen LogP contribution in [-0.2, 0) is 14.8 Å². The second-order valence-corrected chi connectivity index (χ2v) is 4.65. The number of carboxylic acid groups (broad SMARTS) is 1. The molecule has 0 heterocycles. The molecule has 0 fully saturated rings. The molecule has 1 unspecified atom stereocenters. The van der Waals surface area contributed by atoms with Crippen molar-refractivity contribution in [3.63, 3.8) is 0 Å². The molecule has 0 bridgehead atoms. The van der Waals surface area contributed by atoms with Gasteiger partial charge in [0.05, 0.1) is 12.0 Å². The van der Waals surface area contributed by atoms with Crippen molar-refractivity contribution in [2.75, 3.05) is 12.3 Å². The van der Waals surface area contributed by atoms with Gasteiger partial charge in [-0.3, -0.25) is 4.79 Å². The van der Waals surface area contributed by atoms with E-state index in [2.05, 4.69) is 4.72 Å². The number of nitrogens with zero attached hydrogens (tertiary/aromatic N) is 1. The normalized spacial score (nSPS) is 13.1. The van der Waals surface area contributed by atoms with E-state index < -0.39 is 27.7 Å². The Morgan fingerprint density at radius 1 is 1.64 bits per heavy atom. The molecule has 0 saturated heterocycles. The second kappa shape index (κ2) is 5.57. The third-order valence-electron chi connectivity index (χ3n) is 1.58. The van der Waals surface area contributed by atoms with Gasteiger partial charge in [0.25, 0.3) is 0 Å². The molecule has 14 heavy (non-hydrogen) atoms. The standard InChI is InChI=1S/C7H12N2O4S/c1-6(7(10)11)2-4-9-14(12,13)5-3-8/h6,9H,2,4-5H2,1H3,(H,10,11). The van der Waals surface area contributed by atoms with Gasteiger partial charge in [-0.1, -0.05) is 6.92 Å². The van der Waals surface area contributed by atoms with E-state index in [4.69, 9.17) is 10.4 Å². The fourth-order valence-electron chi connectivity index (χ4n) is 0.690. The number of aliphatic carboxylic acids is 1. The molecule has 80 valence electrons. The summed E-state index contributed by atoms with van der Waals surface area (Å²) in [6.07, 6.45) is 0.208. The largest absolute Gasteiger partial charge is 0.481 e. The highest BCUT2D eigenvalue weighted by atomic mass is 32.2. The number of carbonyl (C=O) groups is 1. The van der Waals surface area contributed by atoms with Crippen LogP contribution in [0.4, 0.5) is 0 Å². The van der Waals surface area contributed by atoms with Crippen LogP contribution in [0.1, 0.15) is 13.3 Å². The van der Waals surface area contributed by atoms with Gasteiger partial charge in [0.2, 0.25) is 10.0 Å². The van der Waals surface area contributed by atoms with Crippen LogP contribution in [0, 0.1) is 17.2 Å². The summed E-state index contributed by atoms with van der Waals surface area (Å²) in [5, 5.41) is 16.6. The van der Waals surface area contributed by atoms with E-state index in [-0.39, 0.29) is 13.0 Å². The Bertz CT molecular complexity index is 330. The van der Waals surface area contributed by atoms with E-state index in [0.717, 1.165) is 0 Å². The first-order valence-electron chi connectivity index (χ1n) is 3.96. The van der Waals surface area contributed by atoms with Crippen LogP contribution >= 0.6 is 0 Å². The highest BCUT2D eigenvalue weighted by Gasteiger charge is 2.13. The lowest BCUT2D eigenvalue weighted by Gasteiger charge is -2.06. The molecule has 0 aromatic heterocycles. The molecule has 0 aliphatic carbocycles. The van der Waals surface area contributed by atoms with E-state index in [0.29, 0.717) is 0 Å². The predicted octanol–water partition coefficient (Wildman–Crippen LogP) is -0.460. The maximum Gasteiger partial charge on any atom is 0.306 e. The van der Waals surface area contributed by atoms with Crippen LogP contribution in [0.3, 0.4) is 0 Å². The van der Waals surface area contributed by atoms with Crippen LogP contribution in [0.5, 0.6) is 0 Å². The van der Waals surface area contributed by atoms with Crippen LogP contribution in [-0.4, -0.2) is 31.8 Å². The van der Waals surface area contributed by atoms with Crippen molar-refractivity contribution in [3.05, 3.63) is 0 Å². The average Bonchev–Trinajstić information content (AvgIpc) is 2.03. The van der Waals surface area contributed by atoms with Crippen LogP contribution in [0.15, 0.2) is 0 Å². The third-order valence-corrected chi connectivity index (χ3v) is 2.73. The lowest BCUT2D eigenvalue weighted by Crippen LogP contribution is -2.28. The predicted molar refractivity (Wildman–Crippen MR) is 48.8 cm³/mol. The number of sulfonamides is 1. The Balaban J connectivity index is 3.87. The second-order valence-electron chi connectivity index (χ2n) is 2.84. The van der Waals surface area contributed by atoms with E-state index in [9.17, 15) is 13.2 Å². The smallest absolute Gasteiger partial charge is 0.306 e. The summed E-state index contributed by atoms with van der Waals surface area (Å²) in [6.45, 7) is 1.53. The van der Waals surface area contributed by atoms with Crippen molar-refractivity contribution in [1.82, 2.24) is 4.72 Å². The number of carboxylic acids is 1. The summed E-state index contributed by atoms with van der Waals surface area (Å²) >= 11 is 0. The zero-order valence-electron chi connectivity index (χ0n) is 7.73. The van der Waals surface area contributed by atoms with Gasteiger partial charge in [0.1, 0.15) is 0 Å². The van der Waals surface area contributed by atoms with Gasteiger partial charge in [-0.2, -0.15) is 5.26 Å². The first kappa shape index (κ1) is 12.9. The van der Waals surface area contributed by atoms with E-state index in [1.165, 1.54) is 13.0 Å². The molecule has 0 rings (SSSR count). The first-order chi connectivity index (χ1) is 6.39. The average molecular weight is 220 g/mol. The molecule has 0 radical (unpaired) electrons. The zero-order chi connectivity index (χ0) is 11.2. The number of hydrogen-bond acceptors (Lipinski definition) is 4. The molecule has 7 heteroatoms. The van der Waals surface area contributed by atoms with Crippen molar-refractivity contribution >= 4 is 16.0 Å². The Kier molecular flexibility index (Phi) is 5.12. The molecule has 2 N–H and O–H groups in total. The summed E-state index contributed by atoms with van der Waals surface area (Å²) < 4.78 is 23.9. The lowest BCUT2D eigenvalue weighted by atomic mass is 10.1. The van der Waals surface area contributed by atoms with Gasteiger partial charge in [-0.15, -0.1) is 0 Å². The molecule has 6 nitrogen and oxygen atoms in total. The summed E-state index contributed by atoms with van der Waals surface area (Å²) in [5.41, 5.74) is 0. The minimum atomic E-state index is -3.56. The molecule has 0 aromatic carbocycles. The maximum absolute atomic E-state index is 10.9. The molecule has 0 saturated carbocycles. The van der Waals surface area contributed by atoms with E-state index in [1.54, 1.807) is 0 Å². The summed E-state index contributed by atoms with van der Waals surface area (Å²) in [5.74, 6) is -2.17. The highest BCUT2D eigenvalue weighted by Crippen LogP contribution is 2.00. The molecule has 0 aliphatic rings.